The zero-order chi connectivity index (χ0) is 19.3. The van der Waals surface area contributed by atoms with Gasteiger partial charge in [0.05, 0.1) is 30.4 Å². The summed E-state index contributed by atoms with van der Waals surface area (Å²) in [4.78, 5) is 12.7. The van der Waals surface area contributed by atoms with Crippen molar-refractivity contribution in [2.75, 3.05) is 51.4 Å². The Kier molecular flexibility index (Phi) is 6.69. The van der Waals surface area contributed by atoms with E-state index in [0.717, 1.165) is 0 Å². The maximum atomic E-state index is 12.9. The van der Waals surface area contributed by atoms with Gasteiger partial charge in [0.1, 0.15) is 5.75 Å². The molecule has 2 aliphatic heterocycles. The van der Waals surface area contributed by atoms with Crippen molar-refractivity contribution in [2.24, 2.45) is 5.92 Å². The van der Waals surface area contributed by atoms with Gasteiger partial charge < -0.3 is 19.5 Å². The summed E-state index contributed by atoms with van der Waals surface area (Å²) in [7, 11) is -3.65. The van der Waals surface area contributed by atoms with Gasteiger partial charge in [-0.2, -0.15) is 4.31 Å². The highest BCUT2D eigenvalue weighted by atomic mass is 32.2. The van der Waals surface area contributed by atoms with Gasteiger partial charge in [0.25, 0.3) is 0 Å². The largest absolute Gasteiger partial charge is 0.492 e. The minimum atomic E-state index is -3.65. The molecule has 0 atom stereocenters. The topological polar surface area (TPSA) is 94.2 Å². The summed E-state index contributed by atoms with van der Waals surface area (Å²) in [5.41, 5.74) is 0.377. The lowest BCUT2D eigenvalue weighted by atomic mass is 9.99. The van der Waals surface area contributed by atoms with Gasteiger partial charge in [-0.1, -0.05) is 0 Å². The van der Waals surface area contributed by atoms with Crippen molar-refractivity contribution in [3.05, 3.63) is 18.2 Å². The van der Waals surface area contributed by atoms with E-state index >= 15 is 0 Å². The van der Waals surface area contributed by atoms with Crippen LogP contribution in [0.4, 0.5) is 5.69 Å². The van der Waals surface area contributed by atoms with Crippen molar-refractivity contribution in [1.82, 2.24) is 4.31 Å². The van der Waals surface area contributed by atoms with E-state index in [2.05, 4.69) is 5.32 Å². The van der Waals surface area contributed by atoms with Crippen LogP contribution in [0.3, 0.4) is 0 Å². The number of nitrogens with one attached hydrogen (secondary N) is 1. The minimum absolute atomic E-state index is 0.134. The number of amides is 1. The smallest absolute Gasteiger partial charge is 0.243 e. The second-order valence-electron chi connectivity index (χ2n) is 6.48. The van der Waals surface area contributed by atoms with Crippen LogP contribution in [0.2, 0.25) is 0 Å². The van der Waals surface area contributed by atoms with Gasteiger partial charge in [-0.3, -0.25) is 4.79 Å². The SMILES string of the molecule is CCOc1ccc(S(=O)(=O)N2CCOCC2)cc1NC(=O)C1CCOCC1. The molecule has 2 fully saturated rings. The van der Waals surface area contributed by atoms with Gasteiger partial charge >= 0.3 is 0 Å². The molecule has 0 bridgehead atoms. The highest BCUT2D eigenvalue weighted by molar-refractivity contribution is 7.89. The number of ether oxygens (including phenoxy) is 3. The molecule has 0 aliphatic carbocycles. The summed E-state index contributed by atoms with van der Waals surface area (Å²) >= 11 is 0. The van der Waals surface area contributed by atoms with Crippen molar-refractivity contribution >= 4 is 21.6 Å². The fraction of sp³-hybridized carbons (Fsp3) is 0.611. The zero-order valence-electron chi connectivity index (χ0n) is 15.5. The zero-order valence-corrected chi connectivity index (χ0v) is 16.3. The molecule has 9 heteroatoms. The first-order valence-corrected chi connectivity index (χ1v) is 10.7. The van der Waals surface area contributed by atoms with Crippen LogP contribution in [0.15, 0.2) is 23.1 Å². The van der Waals surface area contributed by atoms with Crippen LogP contribution < -0.4 is 10.1 Å². The molecule has 0 aromatic heterocycles. The molecular formula is C18H26N2O6S. The monoisotopic (exact) mass is 398 g/mol. The summed E-state index contributed by atoms with van der Waals surface area (Å²) in [6.07, 6.45) is 1.31. The lowest BCUT2D eigenvalue weighted by Gasteiger charge is -2.26. The number of benzene rings is 1. The molecule has 0 saturated carbocycles. The van der Waals surface area contributed by atoms with E-state index in [9.17, 15) is 13.2 Å². The van der Waals surface area contributed by atoms with E-state index in [1.54, 1.807) is 6.07 Å². The van der Waals surface area contributed by atoms with E-state index < -0.39 is 10.0 Å². The molecule has 8 nitrogen and oxygen atoms in total. The molecule has 0 radical (unpaired) electrons. The van der Waals surface area contributed by atoms with Crippen molar-refractivity contribution in [2.45, 2.75) is 24.7 Å². The number of morpholine rings is 1. The Morgan fingerprint density at radius 3 is 2.52 bits per heavy atom. The molecular weight excluding hydrogens is 372 g/mol. The Morgan fingerprint density at radius 1 is 1.19 bits per heavy atom. The van der Waals surface area contributed by atoms with Crippen LogP contribution in [-0.2, 0) is 24.3 Å². The molecule has 1 aromatic carbocycles. The first kappa shape index (κ1) is 20.1. The third-order valence-corrected chi connectivity index (χ3v) is 6.60. The number of carbonyl (C=O) groups excluding carboxylic acids is 1. The van der Waals surface area contributed by atoms with E-state index in [1.807, 2.05) is 6.92 Å². The predicted molar refractivity (Wildman–Crippen MR) is 99.4 cm³/mol. The van der Waals surface area contributed by atoms with Crippen LogP contribution in [-0.4, -0.2) is 64.8 Å². The Balaban J connectivity index is 1.84. The first-order chi connectivity index (χ1) is 13.0. The summed E-state index contributed by atoms with van der Waals surface area (Å²) in [6.45, 7) is 4.76. The second kappa shape index (κ2) is 9.01. The molecule has 0 spiro atoms. The van der Waals surface area contributed by atoms with Crippen LogP contribution >= 0.6 is 0 Å². The Labute approximate surface area is 159 Å². The number of nitrogens with zero attached hydrogens (tertiary/aromatic N) is 1. The molecule has 2 aliphatic rings. The third kappa shape index (κ3) is 4.78. The molecule has 1 aromatic rings. The molecule has 1 amide bonds. The van der Waals surface area contributed by atoms with Crippen LogP contribution in [0.1, 0.15) is 19.8 Å². The normalized spacial score (nSPS) is 19.6. The number of hydrogen-bond donors (Lipinski definition) is 1. The van der Waals surface area contributed by atoms with Gasteiger partial charge in [0.15, 0.2) is 0 Å². The molecule has 2 heterocycles. The summed E-state index contributed by atoms with van der Waals surface area (Å²) in [6, 6.07) is 4.59. The average molecular weight is 398 g/mol. The average Bonchev–Trinajstić information content (AvgIpc) is 2.70. The minimum Gasteiger partial charge on any atom is -0.492 e. The molecule has 1 N–H and O–H groups in total. The Morgan fingerprint density at radius 2 is 1.85 bits per heavy atom. The lowest BCUT2D eigenvalue weighted by molar-refractivity contribution is -0.122. The summed E-state index contributed by atoms with van der Waals surface area (Å²) in [5.74, 6) is 0.173. The van der Waals surface area contributed by atoms with Crippen LogP contribution in [0, 0.1) is 5.92 Å². The van der Waals surface area contributed by atoms with Crippen molar-refractivity contribution in [1.29, 1.82) is 0 Å². The fourth-order valence-corrected chi connectivity index (χ4v) is 4.61. The molecule has 2 saturated heterocycles. The molecule has 3 rings (SSSR count). The molecule has 150 valence electrons. The van der Waals surface area contributed by atoms with Gasteiger partial charge in [-0.05, 0) is 38.0 Å². The molecule has 0 unspecified atom stereocenters. The van der Waals surface area contributed by atoms with Crippen LogP contribution in [0.25, 0.3) is 0 Å². The summed E-state index contributed by atoms with van der Waals surface area (Å²) in [5, 5.41) is 2.85. The number of sulfonamides is 1. The first-order valence-electron chi connectivity index (χ1n) is 9.25. The Hall–Kier alpha value is -1.68. The standard InChI is InChI=1S/C18H26N2O6S/c1-2-26-17-4-3-15(27(22,23)20-7-11-25-12-8-20)13-16(17)19-18(21)14-5-9-24-10-6-14/h3-4,13-14H,2,5-12H2,1H3,(H,19,21). The summed E-state index contributed by atoms with van der Waals surface area (Å²) < 4.78 is 43.3. The quantitative estimate of drug-likeness (QED) is 0.780. The van der Waals surface area contributed by atoms with Crippen molar-refractivity contribution < 1.29 is 27.4 Å². The maximum absolute atomic E-state index is 12.9. The van der Waals surface area contributed by atoms with E-state index in [0.29, 0.717) is 70.4 Å². The second-order valence-corrected chi connectivity index (χ2v) is 8.42. The third-order valence-electron chi connectivity index (χ3n) is 4.71. The number of anilines is 1. The highest BCUT2D eigenvalue weighted by Crippen LogP contribution is 2.30. The fourth-order valence-electron chi connectivity index (χ4n) is 3.18. The number of carbonyl (C=O) groups is 1. The highest BCUT2D eigenvalue weighted by Gasteiger charge is 2.28. The maximum Gasteiger partial charge on any atom is 0.243 e. The Bertz CT molecular complexity index is 755. The van der Waals surface area contributed by atoms with Gasteiger partial charge in [-0.25, -0.2) is 8.42 Å². The van der Waals surface area contributed by atoms with E-state index in [1.165, 1.54) is 16.4 Å². The molecule has 27 heavy (non-hydrogen) atoms. The van der Waals surface area contributed by atoms with E-state index in [4.69, 9.17) is 14.2 Å². The van der Waals surface area contributed by atoms with Gasteiger partial charge in [-0.15, -0.1) is 0 Å². The van der Waals surface area contributed by atoms with Crippen molar-refractivity contribution in [3.8, 4) is 5.75 Å². The lowest BCUT2D eigenvalue weighted by Crippen LogP contribution is -2.40. The number of hydrogen-bond acceptors (Lipinski definition) is 6. The predicted octanol–water partition coefficient (Wildman–Crippen LogP) is 1.47. The van der Waals surface area contributed by atoms with Crippen LogP contribution in [0.5, 0.6) is 5.75 Å². The van der Waals surface area contributed by atoms with Gasteiger partial charge in [0, 0.05) is 32.2 Å². The van der Waals surface area contributed by atoms with Crippen molar-refractivity contribution in [3.63, 3.8) is 0 Å². The van der Waals surface area contributed by atoms with E-state index in [-0.39, 0.29) is 16.7 Å². The number of rotatable bonds is 6. The van der Waals surface area contributed by atoms with Gasteiger partial charge in [0.2, 0.25) is 15.9 Å².